The highest BCUT2D eigenvalue weighted by Crippen LogP contribution is 2.35. The third kappa shape index (κ3) is 6.31. The lowest BCUT2D eigenvalue weighted by atomic mass is 9.99. The van der Waals surface area contributed by atoms with Crippen molar-refractivity contribution < 1.29 is 38.4 Å². The number of benzene rings is 3. The Morgan fingerprint density at radius 3 is 2.25 bits per heavy atom. The first-order valence-electron chi connectivity index (χ1n) is 14.5. The second-order valence-corrected chi connectivity index (χ2v) is 11.4. The van der Waals surface area contributed by atoms with Crippen molar-refractivity contribution in [2.24, 2.45) is 5.92 Å². The maximum Gasteiger partial charge on any atom is 0.323 e. The molecule has 3 heterocycles. The Kier molecular flexibility index (Phi) is 8.36. The summed E-state index contributed by atoms with van der Waals surface area (Å²) >= 11 is 0. The molecule has 3 N–H and O–H groups in total. The van der Waals surface area contributed by atoms with Crippen LogP contribution in [0, 0.1) is 5.92 Å². The topological polar surface area (TPSA) is 131 Å². The molecule has 12 heteroatoms. The fourth-order valence-electron chi connectivity index (χ4n) is 5.51. The second kappa shape index (κ2) is 12.5. The Labute approximate surface area is 255 Å². The molecule has 12 nitrogen and oxygen atoms in total. The van der Waals surface area contributed by atoms with Crippen LogP contribution in [0.3, 0.4) is 0 Å². The van der Waals surface area contributed by atoms with Crippen molar-refractivity contribution in [1.82, 2.24) is 9.80 Å². The number of anilines is 2. The Hall–Kier alpha value is -4.68. The number of urea groups is 1. The van der Waals surface area contributed by atoms with Crippen molar-refractivity contribution in [2.45, 2.75) is 32.5 Å². The molecule has 3 aromatic rings. The van der Waals surface area contributed by atoms with Gasteiger partial charge in [-0.1, -0.05) is 13.0 Å². The summed E-state index contributed by atoms with van der Waals surface area (Å²) in [4.78, 5) is 30.5. The lowest BCUT2D eigenvalue weighted by Crippen LogP contribution is -2.49. The highest BCUT2D eigenvalue weighted by Gasteiger charge is 2.33. The number of rotatable bonds is 8. The van der Waals surface area contributed by atoms with Gasteiger partial charge in [-0.15, -0.1) is 0 Å². The summed E-state index contributed by atoms with van der Waals surface area (Å²) in [5.41, 5.74) is 2.33. The van der Waals surface area contributed by atoms with E-state index in [0.717, 1.165) is 17.1 Å². The highest BCUT2D eigenvalue weighted by atomic mass is 16.7. The molecule has 0 saturated carbocycles. The molecule has 0 fully saturated rings. The minimum atomic E-state index is -0.486. The van der Waals surface area contributed by atoms with E-state index in [4.69, 9.17) is 23.7 Å². The van der Waals surface area contributed by atoms with E-state index in [1.807, 2.05) is 39.1 Å². The van der Waals surface area contributed by atoms with Gasteiger partial charge in [0.2, 0.25) is 13.6 Å². The van der Waals surface area contributed by atoms with Crippen LogP contribution < -0.4 is 34.3 Å². The highest BCUT2D eigenvalue weighted by molar-refractivity contribution is 6.02. The average molecular weight is 605 g/mol. The van der Waals surface area contributed by atoms with Crippen molar-refractivity contribution in [3.05, 3.63) is 65.7 Å². The van der Waals surface area contributed by atoms with Crippen molar-refractivity contribution in [3.8, 4) is 28.7 Å². The van der Waals surface area contributed by atoms with Gasteiger partial charge in [0.1, 0.15) is 11.9 Å². The van der Waals surface area contributed by atoms with Crippen LogP contribution >= 0.6 is 0 Å². The van der Waals surface area contributed by atoms with Crippen molar-refractivity contribution >= 4 is 23.3 Å². The first kappa shape index (κ1) is 29.4. The monoisotopic (exact) mass is 604 g/mol. The number of amides is 3. The number of nitrogens with zero attached hydrogens (tertiary/aromatic N) is 2. The van der Waals surface area contributed by atoms with E-state index in [2.05, 4.69) is 15.5 Å². The molecule has 3 amide bonds. The van der Waals surface area contributed by atoms with Gasteiger partial charge < -0.3 is 44.3 Å². The van der Waals surface area contributed by atoms with Crippen LogP contribution in [0.1, 0.15) is 29.8 Å². The van der Waals surface area contributed by atoms with E-state index in [-0.39, 0.29) is 38.1 Å². The van der Waals surface area contributed by atoms with E-state index in [1.54, 1.807) is 41.3 Å². The van der Waals surface area contributed by atoms with E-state index >= 15 is 0 Å². The smallest absolute Gasteiger partial charge is 0.323 e. The SMILES string of the molecule is C[C@H]1CN([C@@H](C)CO)C(=O)c2cc(NC(=O)Nc3ccc4c(c3)OCO4)ccc2O[C@H]1CN(C)Cc1ccc2c(c1)OCO2. The number of carbonyl (C=O) groups is 2. The second-order valence-electron chi connectivity index (χ2n) is 11.4. The van der Waals surface area contributed by atoms with Gasteiger partial charge in [0.05, 0.1) is 18.2 Å². The van der Waals surface area contributed by atoms with Crippen LogP contribution in [0.15, 0.2) is 54.6 Å². The number of nitrogens with one attached hydrogen (secondary N) is 2. The Balaban J connectivity index is 1.19. The number of aliphatic hydroxyl groups excluding tert-OH is 1. The molecule has 0 radical (unpaired) electrons. The van der Waals surface area contributed by atoms with Gasteiger partial charge in [-0.3, -0.25) is 9.69 Å². The molecular formula is C32H36N4O8. The summed E-state index contributed by atoms with van der Waals surface area (Å²) in [5, 5.41) is 15.5. The number of fused-ring (bicyclic) bond motifs is 3. The van der Waals surface area contributed by atoms with Crippen LogP contribution in [0.2, 0.25) is 0 Å². The fourth-order valence-corrected chi connectivity index (χ4v) is 5.51. The Morgan fingerprint density at radius 1 is 0.932 bits per heavy atom. The lowest BCUT2D eigenvalue weighted by molar-refractivity contribution is 0.0341. The van der Waals surface area contributed by atoms with Gasteiger partial charge in [-0.25, -0.2) is 4.79 Å². The molecule has 3 aliphatic heterocycles. The molecule has 232 valence electrons. The van der Waals surface area contributed by atoms with Gasteiger partial charge in [-0.2, -0.15) is 0 Å². The molecule has 3 aliphatic rings. The van der Waals surface area contributed by atoms with Crippen molar-refractivity contribution in [3.63, 3.8) is 0 Å². The maximum atomic E-state index is 13.8. The number of likely N-dealkylation sites (N-methyl/N-ethyl adjacent to an activating group) is 1. The van der Waals surface area contributed by atoms with Gasteiger partial charge >= 0.3 is 6.03 Å². The predicted octanol–water partition coefficient (Wildman–Crippen LogP) is 4.14. The molecule has 0 aromatic heterocycles. The van der Waals surface area contributed by atoms with Crippen LogP contribution in [0.4, 0.5) is 16.2 Å². The van der Waals surface area contributed by atoms with Crippen LogP contribution in [-0.4, -0.2) is 79.3 Å². The summed E-state index contributed by atoms with van der Waals surface area (Å²) in [6, 6.07) is 15.1. The van der Waals surface area contributed by atoms with Crippen LogP contribution in [0.25, 0.3) is 0 Å². The largest absolute Gasteiger partial charge is 0.488 e. The molecule has 3 aromatic carbocycles. The summed E-state index contributed by atoms with van der Waals surface area (Å²) in [7, 11) is 2.02. The zero-order chi connectivity index (χ0) is 30.8. The summed E-state index contributed by atoms with van der Waals surface area (Å²) in [6.45, 7) is 5.68. The Morgan fingerprint density at radius 2 is 1.55 bits per heavy atom. The lowest BCUT2D eigenvalue weighted by Gasteiger charge is -2.38. The minimum Gasteiger partial charge on any atom is -0.488 e. The molecular weight excluding hydrogens is 568 g/mol. The normalized spacial score (nSPS) is 19.1. The molecule has 0 saturated heterocycles. The summed E-state index contributed by atoms with van der Waals surface area (Å²) in [5.74, 6) is 2.75. The zero-order valence-corrected chi connectivity index (χ0v) is 24.9. The summed E-state index contributed by atoms with van der Waals surface area (Å²) in [6.07, 6.45) is -0.262. The van der Waals surface area contributed by atoms with Gasteiger partial charge in [-0.05, 0) is 62.0 Å². The predicted molar refractivity (Wildman–Crippen MR) is 162 cm³/mol. The minimum absolute atomic E-state index is 0.0365. The molecule has 3 atom stereocenters. The molecule has 0 spiro atoms. The molecule has 0 bridgehead atoms. The van der Waals surface area contributed by atoms with Crippen LogP contribution in [0.5, 0.6) is 28.7 Å². The van der Waals surface area contributed by atoms with Crippen LogP contribution in [-0.2, 0) is 6.54 Å². The third-order valence-corrected chi connectivity index (χ3v) is 7.93. The quantitative estimate of drug-likeness (QED) is 0.347. The van der Waals surface area contributed by atoms with Crippen molar-refractivity contribution in [2.75, 3.05) is 51.0 Å². The number of hydrogen-bond acceptors (Lipinski definition) is 9. The first-order valence-corrected chi connectivity index (χ1v) is 14.5. The van der Waals surface area contributed by atoms with Gasteiger partial charge in [0.15, 0.2) is 23.0 Å². The summed E-state index contributed by atoms with van der Waals surface area (Å²) < 4.78 is 28.2. The third-order valence-electron chi connectivity index (χ3n) is 7.93. The number of carbonyl (C=O) groups excluding carboxylic acids is 2. The van der Waals surface area contributed by atoms with Gasteiger partial charge in [0, 0.05) is 43.0 Å². The number of hydrogen-bond donors (Lipinski definition) is 3. The molecule has 44 heavy (non-hydrogen) atoms. The maximum absolute atomic E-state index is 13.8. The van der Waals surface area contributed by atoms with Crippen molar-refractivity contribution in [1.29, 1.82) is 0 Å². The van der Waals surface area contributed by atoms with E-state index in [9.17, 15) is 14.7 Å². The average Bonchev–Trinajstić information content (AvgIpc) is 3.68. The van der Waals surface area contributed by atoms with Gasteiger partial charge in [0.25, 0.3) is 5.91 Å². The number of ether oxygens (including phenoxy) is 5. The molecule has 6 rings (SSSR count). The standard InChI is InChI=1S/C32H36N4O8/c1-19-13-36(20(2)16-37)31(38)24-11-22(33-32(39)34-23-6-9-27-29(12-23)43-18-41-27)5-8-25(24)44-30(19)15-35(3)14-21-4-7-26-28(10-21)42-17-40-26/h4-12,19-20,30,37H,13-18H2,1-3H3,(H2,33,34,39)/t19-,20-,30-/m0/s1. The van der Waals surface area contributed by atoms with E-state index < -0.39 is 12.1 Å². The molecule has 0 aliphatic carbocycles. The fraction of sp³-hybridized carbons (Fsp3) is 0.375. The molecule has 0 unspecified atom stereocenters. The first-order chi connectivity index (χ1) is 21.3. The van der Waals surface area contributed by atoms with E-state index in [0.29, 0.717) is 53.8 Å². The Bertz CT molecular complexity index is 1550. The van der Waals surface area contributed by atoms with E-state index in [1.165, 1.54) is 0 Å². The zero-order valence-electron chi connectivity index (χ0n) is 24.9. The number of aliphatic hydroxyl groups is 1.